The third-order valence-corrected chi connectivity index (χ3v) is 5.75. The quantitative estimate of drug-likeness (QED) is 0.530. The summed E-state index contributed by atoms with van der Waals surface area (Å²) in [7, 11) is 1.17. The van der Waals surface area contributed by atoms with Gasteiger partial charge >= 0.3 is 18.1 Å². The van der Waals surface area contributed by atoms with Crippen LogP contribution in [0.3, 0.4) is 0 Å². The second-order valence-corrected chi connectivity index (χ2v) is 7.72. The fourth-order valence-corrected chi connectivity index (χ4v) is 4.32. The maximum absolute atomic E-state index is 14.2. The molecule has 5 nitrogen and oxygen atoms in total. The lowest BCUT2D eigenvalue weighted by molar-refractivity contribution is -0.138. The van der Waals surface area contributed by atoms with Gasteiger partial charge in [0.15, 0.2) is 0 Å². The van der Waals surface area contributed by atoms with Crippen molar-refractivity contribution in [2.24, 2.45) is 0 Å². The molecule has 2 aromatic rings. The summed E-state index contributed by atoms with van der Waals surface area (Å²) in [6.07, 6.45) is -3.01. The van der Waals surface area contributed by atoms with Gasteiger partial charge in [0.25, 0.3) is 0 Å². The van der Waals surface area contributed by atoms with E-state index in [1.54, 1.807) is 51.1 Å². The van der Waals surface area contributed by atoms with Gasteiger partial charge in [0.05, 0.1) is 24.8 Å². The average molecular weight is 461 g/mol. The van der Waals surface area contributed by atoms with Gasteiger partial charge in [-0.25, -0.2) is 9.59 Å². The molecular formula is C25H26F3NO4. The molecule has 0 amide bonds. The van der Waals surface area contributed by atoms with Gasteiger partial charge in [-0.15, -0.1) is 0 Å². The second kappa shape index (κ2) is 9.68. The zero-order chi connectivity index (χ0) is 24.3. The van der Waals surface area contributed by atoms with Crippen LogP contribution >= 0.6 is 0 Å². The van der Waals surface area contributed by atoms with Gasteiger partial charge in [-0.05, 0) is 54.7 Å². The van der Waals surface area contributed by atoms with Crippen LogP contribution in [0.1, 0.15) is 65.2 Å². The molecule has 0 radical (unpaired) electrons. The molecule has 0 saturated carbocycles. The Morgan fingerprint density at radius 3 is 2.42 bits per heavy atom. The van der Waals surface area contributed by atoms with Crippen molar-refractivity contribution < 1.29 is 32.2 Å². The summed E-state index contributed by atoms with van der Waals surface area (Å²) in [5, 5.41) is 2.81. The minimum atomic E-state index is -4.67. The Bertz CT molecular complexity index is 1090. The van der Waals surface area contributed by atoms with E-state index in [0.29, 0.717) is 6.54 Å². The Balaban J connectivity index is 2.22. The highest BCUT2D eigenvalue weighted by molar-refractivity contribution is 5.99. The number of carbonyl (C=O) groups is 2. The number of benzene rings is 2. The minimum absolute atomic E-state index is 0.00199. The standard InChI is InChI=1S/C25H26F3NO4/c1-5-29-21-13-20(25(26,27)28)17(12-18(21)23(30)32-4)14(3)22-16-10-8-7-9-15(16)11-19(22)24(31)33-6-2/h7-14,22,29H,5-6H2,1-4H3. The van der Waals surface area contributed by atoms with Crippen molar-refractivity contribution in [1.82, 2.24) is 0 Å². The number of methoxy groups -OCH3 is 1. The van der Waals surface area contributed by atoms with Gasteiger partial charge < -0.3 is 14.8 Å². The zero-order valence-corrected chi connectivity index (χ0v) is 18.9. The van der Waals surface area contributed by atoms with Gasteiger partial charge in [0, 0.05) is 23.7 Å². The molecule has 2 aromatic carbocycles. The van der Waals surface area contributed by atoms with Crippen LogP contribution in [0.5, 0.6) is 0 Å². The van der Waals surface area contributed by atoms with Crippen LogP contribution in [0.15, 0.2) is 42.0 Å². The first-order valence-electron chi connectivity index (χ1n) is 10.7. The van der Waals surface area contributed by atoms with Gasteiger partial charge in [-0.2, -0.15) is 13.2 Å². The molecular weight excluding hydrogens is 435 g/mol. The molecule has 1 aliphatic rings. The van der Waals surface area contributed by atoms with Gasteiger partial charge in [0.2, 0.25) is 0 Å². The van der Waals surface area contributed by atoms with Crippen molar-refractivity contribution >= 4 is 23.7 Å². The fraction of sp³-hybridized carbons (Fsp3) is 0.360. The lowest BCUT2D eigenvalue weighted by atomic mass is 9.78. The summed E-state index contributed by atoms with van der Waals surface area (Å²) in [4.78, 5) is 25.1. The number of alkyl halides is 3. The Morgan fingerprint density at radius 1 is 1.12 bits per heavy atom. The van der Waals surface area contributed by atoms with E-state index >= 15 is 0 Å². The summed E-state index contributed by atoms with van der Waals surface area (Å²) >= 11 is 0. The Labute approximate surface area is 190 Å². The number of nitrogens with one attached hydrogen (secondary N) is 1. The van der Waals surface area contributed by atoms with E-state index in [0.717, 1.165) is 17.2 Å². The maximum Gasteiger partial charge on any atom is 0.416 e. The van der Waals surface area contributed by atoms with Crippen molar-refractivity contribution in [3.05, 3.63) is 69.8 Å². The molecule has 0 aromatic heterocycles. The Hall–Kier alpha value is -3.29. The molecule has 2 atom stereocenters. The molecule has 0 aliphatic heterocycles. The van der Waals surface area contributed by atoms with Gasteiger partial charge in [-0.1, -0.05) is 31.2 Å². The van der Waals surface area contributed by atoms with Crippen molar-refractivity contribution in [2.75, 3.05) is 25.6 Å². The third kappa shape index (κ3) is 4.74. The molecule has 1 N–H and O–H groups in total. The van der Waals surface area contributed by atoms with E-state index < -0.39 is 35.5 Å². The zero-order valence-electron chi connectivity index (χ0n) is 18.9. The Morgan fingerprint density at radius 2 is 1.82 bits per heavy atom. The van der Waals surface area contributed by atoms with E-state index in [1.165, 1.54) is 13.2 Å². The molecule has 8 heteroatoms. The predicted molar refractivity (Wildman–Crippen MR) is 119 cm³/mol. The van der Waals surface area contributed by atoms with Crippen molar-refractivity contribution in [3.8, 4) is 0 Å². The third-order valence-electron chi connectivity index (χ3n) is 5.75. The highest BCUT2D eigenvalue weighted by Gasteiger charge is 2.41. The second-order valence-electron chi connectivity index (χ2n) is 7.72. The molecule has 2 unspecified atom stereocenters. The number of hydrogen-bond donors (Lipinski definition) is 1. The van der Waals surface area contributed by atoms with Gasteiger partial charge in [0.1, 0.15) is 0 Å². The summed E-state index contributed by atoms with van der Waals surface area (Å²) in [5.74, 6) is -2.78. The van der Waals surface area contributed by atoms with Crippen LogP contribution in [-0.2, 0) is 20.4 Å². The van der Waals surface area contributed by atoms with Crippen LogP contribution in [-0.4, -0.2) is 32.2 Å². The van der Waals surface area contributed by atoms with Crippen LogP contribution in [0, 0.1) is 0 Å². The highest BCUT2D eigenvalue weighted by atomic mass is 19.4. The summed E-state index contributed by atoms with van der Waals surface area (Å²) in [5.41, 5.74) is 0.851. The summed E-state index contributed by atoms with van der Waals surface area (Å²) < 4.78 is 52.5. The molecule has 3 rings (SSSR count). The first-order chi connectivity index (χ1) is 15.6. The molecule has 176 valence electrons. The molecule has 1 aliphatic carbocycles. The van der Waals surface area contributed by atoms with Crippen molar-refractivity contribution in [2.45, 2.75) is 38.8 Å². The number of fused-ring (bicyclic) bond motifs is 1. The van der Waals surface area contributed by atoms with Crippen LogP contribution in [0.4, 0.5) is 18.9 Å². The first kappa shape index (κ1) is 24.4. The van der Waals surface area contributed by atoms with E-state index in [4.69, 9.17) is 9.47 Å². The average Bonchev–Trinajstić information content (AvgIpc) is 3.17. The first-order valence-corrected chi connectivity index (χ1v) is 10.7. The lowest BCUT2D eigenvalue weighted by Crippen LogP contribution is -2.21. The molecule has 0 bridgehead atoms. The van der Waals surface area contributed by atoms with E-state index in [1.807, 2.05) is 0 Å². The molecule has 0 heterocycles. The molecule has 33 heavy (non-hydrogen) atoms. The monoisotopic (exact) mass is 461 g/mol. The largest absolute Gasteiger partial charge is 0.465 e. The number of rotatable bonds is 7. The van der Waals surface area contributed by atoms with Gasteiger partial charge in [-0.3, -0.25) is 0 Å². The normalized spacial score (nSPS) is 16.0. The van der Waals surface area contributed by atoms with Crippen LogP contribution in [0.2, 0.25) is 0 Å². The van der Waals surface area contributed by atoms with E-state index in [-0.39, 0.29) is 29.0 Å². The summed E-state index contributed by atoms with van der Waals surface area (Å²) in [6, 6.07) is 9.34. The van der Waals surface area contributed by atoms with Crippen molar-refractivity contribution in [1.29, 1.82) is 0 Å². The smallest absolute Gasteiger partial charge is 0.416 e. The SMILES string of the molecule is CCNc1cc(C(F)(F)F)c(C(C)C2C(C(=O)OCC)=Cc3ccccc32)cc1C(=O)OC. The maximum atomic E-state index is 14.2. The molecule has 0 saturated heterocycles. The topological polar surface area (TPSA) is 64.6 Å². The number of anilines is 1. The summed E-state index contributed by atoms with van der Waals surface area (Å²) in [6.45, 7) is 5.48. The number of hydrogen-bond acceptors (Lipinski definition) is 5. The predicted octanol–water partition coefficient (Wildman–Crippen LogP) is 5.77. The number of ether oxygens (including phenoxy) is 2. The number of carbonyl (C=O) groups excluding carboxylic acids is 2. The minimum Gasteiger partial charge on any atom is -0.465 e. The van der Waals surface area contributed by atoms with E-state index in [2.05, 4.69) is 5.32 Å². The Kier molecular flexibility index (Phi) is 7.15. The van der Waals surface area contributed by atoms with Crippen molar-refractivity contribution in [3.63, 3.8) is 0 Å². The molecule has 0 fully saturated rings. The highest BCUT2D eigenvalue weighted by Crippen LogP contribution is 2.49. The molecule has 0 spiro atoms. The lowest BCUT2D eigenvalue weighted by Gasteiger charge is -2.27. The van der Waals surface area contributed by atoms with Crippen LogP contribution < -0.4 is 5.32 Å². The number of esters is 2. The fourth-order valence-electron chi connectivity index (χ4n) is 4.32. The van der Waals surface area contributed by atoms with E-state index in [9.17, 15) is 22.8 Å². The number of halogens is 3. The van der Waals surface area contributed by atoms with Crippen LogP contribution in [0.25, 0.3) is 6.08 Å².